The van der Waals surface area contributed by atoms with E-state index < -0.39 is 5.97 Å². The summed E-state index contributed by atoms with van der Waals surface area (Å²) in [5.74, 6) is -0.959. The molecule has 1 aromatic carbocycles. The summed E-state index contributed by atoms with van der Waals surface area (Å²) in [4.78, 5) is 19.6. The number of pyridine rings is 2. The quantitative estimate of drug-likeness (QED) is 0.795. The summed E-state index contributed by atoms with van der Waals surface area (Å²) in [6.07, 6.45) is 6.72. The highest BCUT2D eigenvalue weighted by Crippen LogP contribution is 2.28. The lowest BCUT2D eigenvalue weighted by Gasteiger charge is -2.09. The standard InChI is InChI=1S/C17H12N2O2/c20-17(21)16-9-12(13-3-1-7-18-10-13)5-6-15(16)14-4-2-8-19-11-14/h1-11H,(H,20,21). The molecule has 0 fully saturated rings. The van der Waals surface area contributed by atoms with E-state index in [1.807, 2.05) is 30.3 Å². The molecule has 3 aromatic rings. The molecule has 0 aliphatic heterocycles. The maximum atomic E-state index is 11.5. The van der Waals surface area contributed by atoms with E-state index in [2.05, 4.69) is 9.97 Å². The Morgan fingerprint density at radius 3 is 2.10 bits per heavy atom. The first-order valence-corrected chi connectivity index (χ1v) is 6.44. The zero-order valence-electron chi connectivity index (χ0n) is 11.1. The van der Waals surface area contributed by atoms with Crippen LogP contribution < -0.4 is 0 Å². The number of carboxylic acid groups (broad SMARTS) is 1. The summed E-state index contributed by atoms with van der Waals surface area (Å²) in [6, 6.07) is 12.7. The van der Waals surface area contributed by atoms with Gasteiger partial charge in [-0.05, 0) is 29.3 Å². The van der Waals surface area contributed by atoms with Gasteiger partial charge >= 0.3 is 5.97 Å². The second kappa shape index (κ2) is 5.54. The minimum absolute atomic E-state index is 0.254. The highest BCUT2D eigenvalue weighted by atomic mass is 16.4. The molecule has 0 bridgehead atoms. The molecule has 0 aliphatic rings. The molecule has 2 heterocycles. The smallest absolute Gasteiger partial charge is 0.336 e. The fourth-order valence-corrected chi connectivity index (χ4v) is 2.21. The Kier molecular flexibility index (Phi) is 3.43. The number of hydrogen-bond donors (Lipinski definition) is 1. The number of carbonyl (C=O) groups is 1. The lowest BCUT2D eigenvalue weighted by molar-refractivity contribution is 0.0698. The van der Waals surface area contributed by atoms with Crippen LogP contribution >= 0.6 is 0 Å². The third-order valence-electron chi connectivity index (χ3n) is 3.22. The summed E-state index contributed by atoms with van der Waals surface area (Å²) >= 11 is 0. The van der Waals surface area contributed by atoms with Crippen molar-refractivity contribution in [1.29, 1.82) is 0 Å². The molecular weight excluding hydrogens is 264 g/mol. The molecule has 0 saturated heterocycles. The van der Waals surface area contributed by atoms with Gasteiger partial charge in [0.2, 0.25) is 0 Å². The minimum Gasteiger partial charge on any atom is -0.478 e. The minimum atomic E-state index is -0.959. The van der Waals surface area contributed by atoms with Gasteiger partial charge in [-0.3, -0.25) is 9.97 Å². The van der Waals surface area contributed by atoms with Crippen LogP contribution in [0.25, 0.3) is 22.3 Å². The molecule has 0 aliphatic carbocycles. The average Bonchev–Trinajstić information content (AvgIpc) is 2.56. The Labute approximate surface area is 121 Å². The van der Waals surface area contributed by atoms with Crippen LogP contribution in [0.15, 0.2) is 67.3 Å². The number of hydrogen-bond acceptors (Lipinski definition) is 3. The van der Waals surface area contributed by atoms with Gasteiger partial charge in [-0.2, -0.15) is 0 Å². The van der Waals surface area contributed by atoms with Crippen molar-refractivity contribution in [1.82, 2.24) is 9.97 Å². The van der Waals surface area contributed by atoms with Gasteiger partial charge in [-0.15, -0.1) is 0 Å². The van der Waals surface area contributed by atoms with Crippen molar-refractivity contribution in [3.8, 4) is 22.3 Å². The fraction of sp³-hybridized carbons (Fsp3) is 0. The van der Waals surface area contributed by atoms with Crippen molar-refractivity contribution in [3.63, 3.8) is 0 Å². The Balaban J connectivity index is 2.14. The highest BCUT2D eigenvalue weighted by molar-refractivity contribution is 5.97. The average molecular weight is 276 g/mol. The predicted octanol–water partition coefficient (Wildman–Crippen LogP) is 3.51. The molecule has 2 aromatic heterocycles. The van der Waals surface area contributed by atoms with Crippen molar-refractivity contribution in [2.24, 2.45) is 0 Å². The summed E-state index contributed by atoms with van der Waals surface area (Å²) in [5.41, 5.74) is 3.41. The molecule has 4 heteroatoms. The number of rotatable bonds is 3. The van der Waals surface area contributed by atoms with Crippen LogP contribution in [0.3, 0.4) is 0 Å². The summed E-state index contributed by atoms with van der Waals surface area (Å²) in [5, 5.41) is 9.46. The Morgan fingerprint density at radius 1 is 0.857 bits per heavy atom. The third kappa shape index (κ3) is 2.65. The molecule has 0 amide bonds. The molecule has 0 unspecified atom stereocenters. The largest absolute Gasteiger partial charge is 0.478 e. The number of aromatic nitrogens is 2. The van der Waals surface area contributed by atoms with Crippen molar-refractivity contribution < 1.29 is 9.90 Å². The predicted molar refractivity (Wildman–Crippen MR) is 79.9 cm³/mol. The van der Waals surface area contributed by atoms with Crippen molar-refractivity contribution in [2.75, 3.05) is 0 Å². The van der Waals surface area contributed by atoms with E-state index in [0.29, 0.717) is 5.56 Å². The van der Waals surface area contributed by atoms with Crippen LogP contribution in [0.2, 0.25) is 0 Å². The Hall–Kier alpha value is -3.01. The number of aromatic carboxylic acids is 1. The summed E-state index contributed by atoms with van der Waals surface area (Å²) < 4.78 is 0. The zero-order valence-corrected chi connectivity index (χ0v) is 11.1. The summed E-state index contributed by atoms with van der Waals surface area (Å²) in [7, 11) is 0. The topological polar surface area (TPSA) is 63.1 Å². The SMILES string of the molecule is O=C(O)c1cc(-c2cccnc2)ccc1-c1cccnc1. The van der Waals surface area contributed by atoms with Crippen molar-refractivity contribution in [2.45, 2.75) is 0 Å². The normalized spacial score (nSPS) is 10.3. The molecule has 0 atom stereocenters. The van der Waals surface area contributed by atoms with Crippen LogP contribution in [0, 0.1) is 0 Å². The molecule has 0 spiro atoms. The molecular formula is C17H12N2O2. The first-order valence-electron chi connectivity index (χ1n) is 6.44. The van der Waals surface area contributed by atoms with Crippen LogP contribution in [-0.4, -0.2) is 21.0 Å². The van der Waals surface area contributed by atoms with E-state index in [9.17, 15) is 9.90 Å². The first-order chi connectivity index (χ1) is 10.3. The third-order valence-corrected chi connectivity index (χ3v) is 3.22. The van der Waals surface area contributed by atoms with Gasteiger partial charge in [0.15, 0.2) is 0 Å². The molecule has 0 saturated carbocycles. The zero-order chi connectivity index (χ0) is 14.7. The second-order valence-corrected chi connectivity index (χ2v) is 4.55. The van der Waals surface area contributed by atoms with Gasteiger partial charge in [0.05, 0.1) is 5.56 Å². The van der Waals surface area contributed by atoms with Gasteiger partial charge in [-0.25, -0.2) is 4.79 Å². The van der Waals surface area contributed by atoms with Gasteiger partial charge in [-0.1, -0.05) is 24.3 Å². The van der Waals surface area contributed by atoms with Crippen LogP contribution in [-0.2, 0) is 0 Å². The molecule has 3 rings (SSSR count). The molecule has 21 heavy (non-hydrogen) atoms. The van der Waals surface area contributed by atoms with Crippen LogP contribution in [0.4, 0.5) is 0 Å². The maximum absolute atomic E-state index is 11.5. The number of benzene rings is 1. The fourth-order valence-electron chi connectivity index (χ4n) is 2.21. The van der Waals surface area contributed by atoms with E-state index in [4.69, 9.17) is 0 Å². The lowest BCUT2D eigenvalue weighted by Crippen LogP contribution is -2.00. The van der Waals surface area contributed by atoms with Crippen LogP contribution in [0.1, 0.15) is 10.4 Å². The van der Waals surface area contributed by atoms with E-state index in [0.717, 1.165) is 16.7 Å². The molecule has 0 radical (unpaired) electrons. The number of nitrogens with zero attached hydrogens (tertiary/aromatic N) is 2. The van der Waals surface area contributed by atoms with E-state index >= 15 is 0 Å². The van der Waals surface area contributed by atoms with Gasteiger partial charge in [0.25, 0.3) is 0 Å². The Bertz CT molecular complexity index is 771. The van der Waals surface area contributed by atoms with E-state index in [1.54, 1.807) is 36.9 Å². The van der Waals surface area contributed by atoms with Gasteiger partial charge < -0.3 is 5.11 Å². The van der Waals surface area contributed by atoms with E-state index in [1.165, 1.54) is 0 Å². The first kappa shape index (κ1) is 13.0. The second-order valence-electron chi connectivity index (χ2n) is 4.55. The van der Waals surface area contributed by atoms with Crippen molar-refractivity contribution >= 4 is 5.97 Å². The number of carboxylic acids is 1. The van der Waals surface area contributed by atoms with Gasteiger partial charge in [0, 0.05) is 35.9 Å². The maximum Gasteiger partial charge on any atom is 0.336 e. The Morgan fingerprint density at radius 2 is 1.52 bits per heavy atom. The highest BCUT2D eigenvalue weighted by Gasteiger charge is 2.13. The van der Waals surface area contributed by atoms with E-state index in [-0.39, 0.29) is 5.56 Å². The monoisotopic (exact) mass is 276 g/mol. The molecule has 4 nitrogen and oxygen atoms in total. The van der Waals surface area contributed by atoms with Crippen LogP contribution in [0.5, 0.6) is 0 Å². The molecule has 1 N–H and O–H groups in total. The molecule has 102 valence electrons. The van der Waals surface area contributed by atoms with Crippen molar-refractivity contribution in [3.05, 3.63) is 72.8 Å². The van der Waals surface area contributed by atoms with Gasteiger partial charge in [0.1, 0.15) is 0 Å². The lowest BCUT2D eigenvalue weighted by atomic mass is 9.96. The summed E-state index contributed by atoms with van der Waals surface area (Å²) in [6.45, 7) is 0.